The maximum absolute atomic E-state index is 12.1. The first-order valence-corrected chi connectivity index (χ1v) is 7.79. The minimum atomic E-state index is -0.431. The molecule has 22 heavy (non-hydrogen) atoms. The number of hydrogen-bond acceptors (Lipinski definition) is 4. The zero-order valence-electron chi connectivity index (χ0n) is 12.0. The van der Waals surface area contributed by atoms with Crippen molar-refractivity contribution in [3.05, 3.63) is 48.2 Å². The van der Waals surface area contributed by atoms with Gasteiger partial charge in [-0.1, -0.05) is 12.1 Å². The van der Waals surface area contributed by atoms with Crippen molar-refractivity contribution in [2.24, 2.45) is 0 Å². The molecule has 1 unspecified atom stereocenters. The van der Waals surface area contributed by atoms with E-state index in [0.717, 1.165) is 16.1 Å². The number of aromatic nitrogens is 1. The molecule has 1 atom stereocenters. The number of nitrogens with zero attached hydrogens (tertiary/aromatic N) is 1. The second-order valence-corrected chi connectivity index (χ2v) is 6.31. The van der Waals surface area contributed by atoms with E-state index in [1.54, 1.807) is 12.3 Å². The van der Waals surface area contributed by atoms with Gasteiger partial charge in [-0.3, -0.25) is 9.59 Å². The average molecular weight is 313 g/mol. The zero-order chi connectivity index (χ0) is 15.5. The maximum Gasteiger partial charge on any atom is 0.238 e. The van der Waals surface area contributed by atoms with Crippen LogP contribution in [-0.4, -0.2) is 22.0 Å². The molecule has 1 aromatic carbocycles. The summed E-state index contributed by atoms with van der Waals surface area (Å²) >= 11 is 1.41. The second kappa shape index (κ2) is 6.19. The molecule has 0 fully saturated rings. The van der Waals surface area contributed by atoms with Crippen LogP contribution >= 0.6 is 11.8 Å². The number of benzene rings is 1. The van der Waals surface area contributed by atoms with Crippen LogP contribution in [0.15, 0.2) is 47.5 Å². The van der Waals surface area contributed by atoms with Gasteiger partial charge in [-0.2, -0.15) is 0 Å². The van der Waals surface area contributed by atoms with E-state index < -0.39 is 5.25 Å². The first-order chi connectivity index (χ1) is 10.6. The van der Waals surface area contributed by atoms with Crippen molar-refractivity contribution in [1.29, 1.82) is 0 Å². The van der Waals surface area contributed by atoms with Gasteiger partial charge in [0.2, 0.25) is 11.8 Å². The van der Waals surface area contributed by atoms with E-state index in [0.29, 0.717) is 5.82 Å². The number of carbonyl (C=O) groups excluding carboxylic acids is 2. The predicted octanol–water partition coefficient (Wildman–Crippen LogP) is 2.83. The van der Waals surface area contributed by atoms with Crippen LogP contribution in [0.2, 0.25) is 0 Å². The fraction of sp³-hybridized carbons (Fsp3) is 0.188. The molecular weight excluding hydrogens is 298 g/mol. The van der Waals surface area contributed by atoms with Gasteiger partial charge >= 0.3 is 0 Å². The molecule has 112 valence electrons. The number of aryl methyl sites for hydroxylation is 1. The maximum atomic E-state index is 12.1. The van der Waals surface area contributed by atoms with E-state index in [4.69, 9.17) is 0 Å². The summed E-state index contributed by atoms with van der Waals surface area (Å²) in [5.41, 5.74) is 1.82. The summed E-state index contributed by atoms with van der Waals surface area (Å²) in [6, 6.07) is 11.2. The molecule has 6 heteroatoms. The van der Waals surface area contributed by atoms with Gasteiger partial charge in [0.25, 0.3) is 0 Å². The van der Waals surface area contributed by atoms with Crippen molar-refractivity contribution in [3.63, 3.8) is 0 Å². The van der Waals surface area contributed by atoms with Gasteiger partial charge in [0.05, 0.1) is 10.9 Å². The van der Waals surface area contributed by atoms with Crippen molar-refractivity contribution < 1.29 is 9.59 Å². The van der Waals surface area contributed by atoms with Crippen molar-refractivity contribution in [2.75, 3.05) is 10.6 Å². The zero-order valence-corrected chi connectivity index (χ0v) is 12.8. The Balaban J connectivity index is 1.66. The van der Waals surface area contributed by atoms with Crippen molar-refractivity contribution in [2.45, 2.75) is 23.5 Å². The normalized spacial score (nSPS) is 16.6. The monoisotopic (exact) mass is 313 g/mol. The molecule has 1 aliphatic rings. The molecule has 1 aliphatic heterocycles. The summed E-state index contributed by atoms with van der Waals surface area (Å²) in [4.78, 5) is 29.2. The molecule has 2 heterocycles. The molecule has 0 radical (unpaired) electrons. The Morgan fingerprint density at radius 2 is 2.18 bits per heavy atom. The van der Waals surface area contributed by atoms with Crippen LogP contribution in [0.4, 0.5) is 11.5 Å². The number of anilines is 2. The summed E-state index contributed by atoms with van der Waals surface area (Å²) in [5.74, 6) is 0.146. The fourth-order valence-corrected chi connectivity index (χ4v) is 3.30. The minimum Gasteiger partial charge on any atom is -0.324 e. The van der Waals surface area contributed by atoms with Gasteiger partial charge in [-0.05, 0) is 36.8 Å². The van der Waals surface area contributed by atoms with Gasteiger partial charge in [0.1, 0.15) is 5.82 Å². The van der Waals surface area contributed by atoms with Crippen molar-refractivity contribution in [3.8, 4) is 0 Å². The molecule has 0 saturated heterocycles. The molecule has 0 aliphatic carbocycles. The summed E-state index contributed by atoms with van der Waals surface area (Å²) in [5, 5.41) is 5.13. The van der Waals surface area contributed by atoms with Crippen LogP contribution in [0.25, 0.3) is 0 Å². The number of nitrogens with one attached hydrogen (secondary N) is 2. The Bertz CT molecular complexity index is 733. The lowest BCUT2D eigenvalue weighted by atomic mass is 10.2. The van der Waals surface area contributed by atoms with Crippen LogP contribution in [0, 0.1) is 6.92 Å². The Hall–Kier alpha value is -2.34. The third-order valence-corrected chi connectivity index (χ3v) is 4.54. The molecule has 3 rings (SSSR count). The van der Waals surface area contributed by atoms with E-state index >= 15 is 0 Å². The van der Waals surface area contributed by atoms with Gasteiger partial charge in [0.15, 0.2) is 0 Å². The van der Waals surface area contributed by atoms with Crippen LogP contribution in [0.5, 0.6) is 0 Å². The standard InChI is InChI=1S/C16H15N3O2S/c1-10-6-7-17-14(8-10)19-15(20)9-13-16(21)18-11-4-2-3-5-12(11)22-13/h2-8,13H,9H2,1H3,(H,18,21)(H,17,19,20). The average Bonchev–Trinajstić information content (AvgIpc) is 2.48. The third kappa shape index (κ3) is 3.28. The van der Waals surface area contributed by atoms with E-state index in [1.807, 2.05) is 37.3 Å². The molecule has 2 amide bonds. The highest BCUT2D eigenvalue weighted by Gasteiger charge is 2.28. The number of para-hydroxylation sites is 1. The molecule has 0 saturated carbocycles. The molecule has 5 nitrogen and oxygen atoms in total. The number of hydrogen-bond donors (Lipinski definition) is 2. The number of fused-ring (bicyclic) bond motifs is 1. The van der Waals surface area contributed by atoms with Crippen LogP contribution < -0.4 is 10.6 Å². The first kappa shape index (κ1) is 14.6. The molecule has 0 bridgehead atoms. The van der Waals surface area contributed by atoms with Gasteiger partial charge in [-0.15, -0.1) is 11.8 Å². The SMILES string of the molecule is Cc1ccnc(NC(=O)CC2Sc3ccccc3NC2=O)c1. The Morgan fingerprint density at radius 1 is 1.36 bits per heavy atom. The Labute approximate surface area is 132 Å². The Kier molecular flexibility index (Phi) is 4.11. The quantitative estimate of drug-likeness (QED) is 0.914. The number of amides is 2. The predicted molar refractivity (Wildman–Crippen MR) is 86.9 cm³/mol. The fourth-order valence-electron chi connectivity index (χ4n) is 2.19. The van der Waals surface area contributed by atoms with E-state index in [2.05, 4.69) is 15.6 Å². The van der Waals surface area contributed by atoms with E-state index in [9.17, 15) is 9.59 Å². The van der Waals surface area contributed by atoms with Crippen LogP contribution in [0.1, 0.15) is 12.0 Å². The number of carbonyl (C=O) groups is 2. The minimum absolute atomic E-state index is 0.112. The third-order valence-electron chi connectivity index (χ3n) is 3.26. The van der Waals surface area contributed by atoms with Crippen LogP contribution in [0.3, 0.4) is 0 Å². The molecule has 0 spiro atoms. The summed E-state index contributed by atoms with van der Waals surface area (Å²) in [6.45, 7) is 1.93. The first-order valence-electron chi connectivity index (χ1n) is 6.91. The van der Waals surface area contributed by atoms with Crippen LogP contribution in [-0.2, 0) is 9.59 Å². The van der Waals surface area contributed by atoms with Gasteiger partial charge in [-0.25, -0.2) is 4.98 Å². The molecule has 1 aromatic heterocycles. The summed E-state index contributed by atoms with van der Waals surface area (Å²) in [6.07, 6.45) is 1.75. The Morgan fingerprint density at radius 3 is 3.00 bits per heavy atom. The highest BCUT2D eigenvalue weighted by molar-refractivity contribution is 8.01. The second-order valence-electron chi connectivity index (χ2n) is 5.06. The van der Waals surface area contributed by atoms with Gasteiger partial charge < -0.3 is 10.6 Å². The smallest absolute Gasteiger partial charge is 0.238 e. The summed E-state index contributed by atoms with van der Waals surface area (Å²) < 4.78 is 0. The lowest BCUT2D eigenvalue weighted by molar-refractivity contribution is -0.120. The largest absolute Gasteiger partial charge is 0.324 e. The van der Waals surface area contributed by atoms with Crippen molar-refractivity contribution in [1.82, 2.24) is 4.98 Å². The number of rotatable bonds is 3. The highest BCUT2D eigenvalue weighted by atomic mass is 32.2. The van der Waals surface area contributed by atoms with Crippen molar-refractivity contribution >= 4 is 35.1 Å². The van der Waals surface area contributed by atoms with E-state index in [-0.39, 0.29) is 18.2 Å². The molecule has 2 N–H and O–H groups in total. The summed E-state index contributed by atoms with van der Waals surface area (Å²) in [7, 11) is 0. The van der Waals surface area contributed by atoms with Gasteiger partial charge in [0, 0.05) is 17.5 Å². The number of pyridine rings is 1. The topological polar surface area (TPSA) is 71.1 Å². The number of thioether (sulfide) groups is 1. The lowest BCUT2D eigenvalue weighted by Crippen LogP contribution is -2.32. The molecule has 2 aromatic rings. The lowest BCUT2D eigenvalue weighted by Gasteiger charge is -2.23. The van der Waals surface area contributed by atoms with E-state index in [1.165, 1.54) is 11.8 Å². The molecular formula is C16H15N3O2S. The highest BCUT2D eigenvalue weighted by Crippen LogP contribution is 2.36.